The molecule has 0 aliphatic carbocycles. The number of hydrogen-bond donors (Lipinski definition) is 2. The largest absolute Gasteiger partial charge is 0.481 e. The molecule has 2 atom stereocenters. The number of hydrogen-bond acceptors (Lipinski definition) is 2. The van der Waals surface area contributed by atoms with Crippen LogP contribution in [0.4, 0.5) is 0 Å². The first-order valence-electron chi connectivity index (χ1n) is 4.63. The van der Waals surface area contributed by atoms with E-state index < -0.39 is 5.97 Å². The first kappa shape index (κ1) is 10.7. The van der Waals surface area contributed by atoms with Gasteiger partial charge < -0.3 is 10.8 Å². The minimum atomic E-state index is -0.847. The van der Waals surface area contributed by atoms with Gasteiger partial charge in [0.1, 0.15) is 0 Å². The normalized spacial score (nSPS) is 14.7. The molecular weight excluding hydrogens is 178 g/mol. The zero-order chi connectivity index (χ0) is 10.6. The zero-order valence-electron chi connectivity index (χ0n) is 8.18. The van der Waals surface area contributed by atoms with Crippen molar-refractivity contribution in [1.29, 1.82) is 0 Å². The van der Waals surface area contributed by atoms with E-state index in [0.717, 1.165) is 5.56 Å². The summed E-state index contributed by atoms with van der Waals surface area (Å²) in [5.41, 5.74) is 6.85. The van der Waals surface area contributed by atoms with Crippen molar-refractivity contribution in [2.75, 3.05) is 0 Å². The van der Waals surface area contributed by atoms with Gasteiger partial charge in [-0.2, -0.15) is 0 Å². The summed E-state index contributed by atoms with van der Waals surface area (Å²) >= 11 is 0. The van der Waals surface area contributed by atoms with Crippen LogP contribution < -0.4 is 5.73 Å². The lowest BCUT2D eigenvalue weighted by Crippen LogP contribution is -2.29. The summed E-state index contributed by atoms with van der Waals surface area (Å²) in [4.78, 5) is 10.5. The maximum Gasteiger partial charge on any atom is 0.304 e. The Morgan fingerprint density at radius 3 is 2.50 bits per heavy atom. The molecule has 0 amide bonds. The highest BCUT2D eigenvalue weighted by Gasteiger charge is 2.17. The highest BCUT2D eigenvalue weighted by Crippen LogP contribution is 2.19. The Bertz CT molecular complexity index is 297. The van der Waals surface area contributed by atoms with Crippen LogP contribution in [0.3, 0.4) is 0 Å². The third kappa shape index (κ3) is 2.85. The van der Waals surface area contributed by atoms with E-state index in [2.05, 4.69) is 0 Å². The maximum absolute atomic E-state index is 10.5. The lowest BCUT2D eigenvalue weighted by Gasteiger charge is -2.18. The number of aliphatic carboxylic acids is 1. The Balaban J connectivity index is 2.65. The molecule has 1 aromatic rings. The third-order valence-electron chi connectivity index (χ3n) is 2.38. The van der Waals surface area contributed by atoms with E-state index in [4.69, 9.17) is 10.8 Å². The molecule has 0 fully saturated rings. The molecule has 0 aromatic heterocycles. The van der Waals surface area contributed by atoms with Gasteiger partial charge in [-0.25, -0.2) is 0 Å². The molecule has 1 rings (SSSR count). The molecule has 0 bridgehead atoms. The van der Waals surface area contributed by atoms with E-state index in [1.54, 1.807) is 0 Å². The molecule has 3 heteroatoms. The van der Waals surface area contributed by atoms with Crippen molar-refractivity contribution in [3.05, 3.63) is 35.9 Å². The Morgan fingerprint density at radius 2 is 2.00 bits per heavy atom. The lowest BCUT2D eigenvalue weighted by atomic mass is 9.92. The summed E-state index contributed by atoms with van der Waals surface area (Å²) in [5, 5.41) is 8.60. The van der Waals surface area contributed by atoms with E-state index in [0.29, 0.717) is 0 Å². The second kappa shape index (κ2) is 4.77. The number of carbonyl (C=O) groups is 1. The molecule has 76 valence electrons. The van der Waals surface area contributed by atoms with Gasteiger partial charge in [0, 0.05) is 6.04 Å². The molecule has 0 heterocycles. The smallest absolute Gasteiger partial charge is 0.304 e. The zero-order valence-corrected chi connectivity index (χ0v) is 8.18. The summed E-state index contributed by atoms with van der Waals surface area (Å²) in [6.45, 7) is 1.95. The van der Waals surface area contributed by atoms with Crippen LogP contribution in [0, 0.1) is 0 Å². The van der Waals surface area contributed by atoms with E-state index in [1.165, 1.54) is 0 Å². The van der Waals surface area contributed by atoms with Gasteiger partial charge in [0.15, 0.2) is 0 Å². The minimum absolute atomic E-state index is 0.00998. The molecule has 0 saturated carbocycles. The second-order valence-electron chi connectivity index (χ2n) is 3.46. The van der Waals surface area contributed by atoms with Crippen molar-refractivity contribution in [2.24, 2.45) is 5.73 Å². The van der Waals surface area contributed by atoms with Crippen LogP contribution in [-0.2, 0) is 4.79 Å². The average Bonchev–Trinajstić information content (AvgIpc) is 2.17. The predicted octanol–water partition coefficient (Wildman–Crippen LogP) is 1.59. The standard InChI is InChI=1S/C11H15NO2/c1-8(10(12)7-11(13)14)9-5-3-2-4-6-9/h2-6,8,10H,7,12H2,1H3,(H,13,14)/t8-,10+/m1/s1. The summed E-state index contributed by atoms with van der Waals surface area (Å²) in [5.74, 6) is -0.771. The topological polar surface area (TPSA) is 63.3 Å². The van der Waals surface area contributed by atoms with Gasteiger partial charge in [0.2, 0.25) is 0 Å². The fourth-order valence-electron chi connectivity index (χ4n) is 1.38. The van der Waals surface area contributed by atoms with Gasteiger partial charge >= 0.3 is 5.97 Å². The number of carboxylic acid groups (broad SMARTS) is 1. The first-order chi connectivity index (χ1) is 6.61. The maximum atomic E-state index is 10.5. The van der Waals surface area contributed by atoms with Crippen LogP contribution in [0.5, 0.6) is 0 Å². The fourth-order valence-corrected chi connectivity index (χ4v) is 1.38. The molecule has 0 radical (unpaired) electrons. The molecule has 0 spiro atoms. The Hall–Kier alpha value is -1.35. The van der Waals surface area contributed by atoms with E-state index >= 15 is 0 Å². The van der Waals surface area contributed by atoms with Crippen molar-refractivity contribution in [2.45, 2.75) is 25.3 Å². The van der Waals surface area contributed by atoms with Gasteiger partial charge in [-0.15, -0.1) is 0 Å². The van der Waals surface area contributed by atoms with Gasteiger partial charge in [0.25, 0.3) is 0 Å². The van der Waals surface area contributed by atoms with E-state index in [1.807, 2.05) is 37.3 Å². The Morgan fingerprint density at radius 1 is 1.43 bits per heavy atom. The second-order valence-corrected chi connectivity index (χ2v) is 3.46. The van der Waals surface area contributed by atoms with Crippen LogP contribution in [0.1, 0.15) is 24.8 Å². The number of benzene rings is 1. The molecule has 3 nitrogen and oxygen atoms in total. The Kier molecular flexibility index (Phi) is 3.65. The number of nitrogens with two attached hydrogens (primary N) is 1. The fraction of sp³-hybridized carbons (Fsp3) is 0.364. The quantitative estimate of drug-likeness (QED) is 0.763. The predicted molar refractivity (Wildman–Crippen MR) is 55.1 cm³/mol. The monoisotopic (exact) mass is 193 g/mol. The van der Waals surface area contributed by atoms with Crippen molar-refractivity contribution >= 4 is 5.97 Å². The van der Waals surface area contributed by atoms with E-state index in [9.17, 15) is 4.79 Å². The SMILES string of the molecule is C[C@H](c1ccccc1)[C@@H](N)CC(=O)O. The first-order valence-corrected chi connectivity index (χ1v) is 4.63. The molecule has 3 N–H and O–H groups in total. The summed E-state index contributed by atoms with van der Waals surface area (Å²) in [6, 6.07) is 9.39. The molecule has 0 aliphatic rings. The summed E-state index contributed by atoms with van der Waals surface area (Å²) in [7, 11) is 0. The highest BCUT2D eigenvalue weighted by molar-refractivity contribution is 5.67. The van der Waals surface area contributed by atoms with Crippen LogP contribution in [0.2, 0.25) is 0 Å². The summed E-state index contributed by atoms with van der Waals surface area (Å²) in [6.07, 6.45) is 0.00998. The van der Waals surface area contributed by atoms with Crippen LogP contribution in [-0.4, -0.2) is 17.1 Å². The minimum Gasteiger partial charge on any atom is -0.481 e. The molecule has 0 saturated heterocycles. The summed E-state index contributed by atoms with van der Waals surface area (Å²) < 4.78 is 0. The van der Waals surface area contributed by atoms with Gasteiger partial charge in [-0.05, 0) is 11.5 Å². The number of carboxylic acids is 1. The number of rotatable bonds is 4. The van der Waals surface area contributed by atoms with Crippen molar-refractivity contribution < 1.29 is 9.90 Å². The average molecular weight is 193 g/mol. The van der Waals surface area contributed by atoms with Crippen molar-refractivity contribution in [3.8, 4) is 0 Å². The van der Waals surface area contributed by atoms with E-state index in [-0.39, 0.29) is 18.4 Å². The van der Waals surface area contributed by atoms with Gasteiger partial charge in [-0.3, -0.25) is 4.79 Å². The molecule has 0 aliphatic heterocycles. The highest BCUT2D eigenvalue weighted by atomic mass is 16.4. The lowest BCUT2D eigenvalue weighted by molar-refractivity contribution is -0.137. The van der Waals surface area contributed by atoms with Gasteiger partial charge in [-0.1, -0.05) is 37.3 Å². The van der Waals surface area contributed by atoms with Crippen LogP contribution in [0.25, 0.3) is 0 Å². The van der Waals surface area contributed by atoms with Crippen molar-refractivity contribution in [3.63, 3.8) is 0 Å². The molecule has 1 aromatic carbocycles. The third-order valence-corrected chi connectivity index (χ3v) is 2.38. The molecular formula is C11H15NO2. The van der Waals surface area contributed by atoms with Crippen molar-refractivity contribution in [1.82, 2.24) is 0 Å². The van der Waals surface area contributed by atoms with Gasteiger partial charge in [0.05, 0.1) is 6.42 Å². The van der Waals surface area contributed by atoms with Crippen LogP contribution >= 0.6 is 0 Å². The Labute approximate surface area is 83.6 Å². The van der Waals surface area contributed by atoms with Crippen LogP contribution in [0.15, 0.2) is 30.3 Å². The molecule has 0 unspecified atom stereocenters. The molecule has 14 heavy (non-hydrogen) atoms.